The number of carbonyl (C=O) groups excluding carboxylic acids is 1. The highest BCUT2D eigenvalue weighted by atomic mass is 16.4. The maximum absolute atomic E-state index is 12.0. The van der Waals surface area contributed by atoms with E-state index in [0.29, 0.717) is 5.56 Å². The molecular weight excluding hydrogens is 246 g/mol. The van der Waals surface area contributed by atoms with E-state index < -0.39 is 5.97 Å². The molecule has 6 heteroatoms. The number of likely N-dealkylation sites (tertiary alicyclic amines) is 1. The molecule has 0 saturated carbocycles. The van der Waals surface area contributed by atoms with Gasteiger partial charge in [0.05, 0.1) is 5.56 Å². The van der Waals surface area contributed by atoms with Crippen molar-refractivity contribution < 1.29 is 14.7 Å². The number of carboxylic acid groups (broad SMARTS) is 1. The van der Waals surface area contributed by atoms with Crippen LogP contribution in [0.25, 0.3) is 0 Å². The fourth-order valence-corrected chi connectivity index (χ4v) is 2.21. The Bertz CT molecular complexity index is 473. The van der Waals surface area contributed by atoms with Crippen LogP contribution in [0.15, 0.2) is 18.3 Å². The van der Waals surface area contributed by atoms with Crippen molar-refractivity contribution in [3.8, 4) is 0 Å². The van der Waals surface area contributed by atoms with Gasteiger partial charge in [-0.05, 0) is 38.6 Å². The average molecular weight is 263 g/mol. The molecule has 1 aromatic rings. The van der Waals surface area contributed by atoms with Crippen LogP contribution in [0, 0.1) is 0 Å². The summed E-state index contributed by atoms with van der Waals surface area (Å²) in [6, 6.07) is 2.97. The number of hydrogen-bond acceptors (Lipinski definition) is 4. The Morgan fingerprint density at radius 3 is 2.84 bits per heavy atom. The number of piperidine rings is 1. The third kappa shape index (κ3) is 3.51. The number of aromatic nitrogens is 1. The highest BCUT2D eigenvalue weighted by Crippen LogP contribution is 2.09. The van der Waals surface area contributed by atoms with Gasteiger partial charge in [0.25, 0.3) is 5.91 Å². The standard InChI is InChI=1S/C13H17N3O3/c1-16-6-2-3-10(8-16)15-12(17)9-4-5-11(13(18)19)14-7-9/h4-5,7,10H,2-3,6,8H2,1H3,(H,15,17)(H,18,19). The number of hydrogen-bond donors (Lipinski definition) is 2. The first-order valence-electron chi connectivity index (χ1n) is 6.25. The topological polar surface area (TPSA) is 82.5 Å². The van der Waals surface area contributed by atoms with Crippen LogP contribution in [0.2, 0.25) is 0 Å². The molecule has 1 unspecified atom stereocenters. The zero-order valence-electron chi connectivity index (χ0n) is 10.8. The molecule has 102 valence electrons. The fourth-order valence-electron chi connectivity index (χ4n) is 2.21. The minimum atomic E-state index is -1.10. The number of rotatable bonds is 3. The first kappa shape index (κ1) is 13.5. The molecule has 19 heavy (non-hydrogen) atoms. The lowest BCUT2D eigenvalue weighted by Gasteiger charge is -2.30. The third-order valence-electron chi connectivity index (χ3n) is 3.20. The first-order chi connectivity index (χ1) is 9.06. The predicted octanol–water partition coefficient (Wildman–Crippen LogP) is 0.604. The van der Waals surface area contributed by atoms with Crippen LogP contribution in [0.4, 0.5) is 0 Å². The van der Waals surface area contributed by atoms with Gasteiger partial charge >= 0.3 is 5.97 Å². The van der Waals surface area contributed by atoms with E-state index in [1.165, 1.54) is 18.3 Å². The summed E-state index contributed by atoms with van der Waals surface area (Å²) in [4.78, 5) is 28.6. The van der Waals surface area contributed by atoms with Gasteiger partial charge in [-0.3, -0.25) is 4.79 Å². The number of carboxylic acids is 1. The molecule has 2 N–H and O–H groups in total. The number of nitrogens with zero attached hydrogens (tertiary/aromatic N) is 2. The quantitative estimate of drug-likeness (QED) is 0.834. The molecule has 0 bridgehead atoms. The highest BCUT2D eigenvalue weighted by molar-refractivity contribution is 5.95. The van der Waals surface area contributed by atoms with Crippen LogP contribution in [0.1, 0.15) is 33.7 Å². The van der Waals surface area contributed by atoms with Gasteiger partial charge in [0.2, 0.25) is 0 Å². The van der Waals surface area contributed by atoms with Gasteiger partial charge in [-0.25, -0.2) is 9.78 Å². The summed E-state index contributed by atoms with van der Waals surface area (Å²) >= 11 is 0. The maximum atomic E-state index is 12.0. The number of carbonyl (C=O) groups is 2. The number of amides is 1. The normalized spacial score (nSPS) is 19.9. The summed E-state index contributed by atoms with van der Waals surface area (Å²) in [5, 5.41) is 11.7. The Hall–Kier alpha value is -1.95. The van der Waals surface area contributed by atoms with Gasteiger partial charge in [-0.15, -0.1) is 0 Å². The minimum absolute atomic E-state index is 0.0612. The number of pyridine rings is 1. The highest BCUT2D eigenvalue weighted by Gasteiger charge is 2.19. The van der Waals surface area contributed by atoms with Crippen molar-refractivity contribution in [3.63, 3.8) is 0 Å². The first-order valence-corrected chi connectivity index (χ1v) is 6.25. The molecular formula is C13H17N3O3. The smallest absolute Gasteiger partial charge is 0.354 e. The molecule has 0 radical (unpaired) electrons. The van der Waals surface area contributed by atoms with Gasteiger partial charge in [-0.1, -0.05) is 0 Å². The molecule has 1 aromatic heterocycles. The Morgan fingerprint density at radius 2 is 2.26 bits per heavy atom. The van der Waals surface area contributed by atoms with Crippen LogP contribution in [-0.4, -0.2) is 53.0 Å². The molecule has 2 heterocycles. The molecule has 1 fully saturated rings. The van der Waals surface area contributed by atoms with Gasteiger partial charge < -0.3 is 15.3 Å². The molecule has 2 rings (SSSR count). The fraction of sp³-hybridized carbons (Fsp3) is 0.462. The van der Waals surface area contributed by atoms with Crippen LogP contribution in [0.3, 0.4) is 0 Å². The van der Waals surface area contributed by atoms with E-state index in [4.69, 9.17) is 5.11 Å². The Balaban J connectivity index is 1.97. The zero-order chi connectivity index (χ0) is 13.8. The molecule has 0 spiro atoms. The van der Waals surface area contributed by atoms with Crippen molar-refractivity contribution in [2.45, 2.75) is 18.9 Å². The van der Waals surface area contributed by atoms with Gasteiger partial charge in [0, 0.05) is 18.8 Å². The number of nitrogens with one attached hydrogen (secondary N) is 1. The van der Waals surface area contributed by atoms with E-state index >= 15 is 0 Å². The maximum Gasteiger partial charge on any atom is 0.354 e. The summed E-state index contributed by atoms with van der Waals surface area (Å²) in [6.45, 7) is 1.90. The second-order valence-corrected chi connectivity index (χ2v) is 4.81. The largest absolute Gasteiger partial charge is 0.477 e. The zero-order valence-corrected chi connectivity index (χ0v) is 10.8. The minimum Gasteiger partial charge on any atom is -0.477 e. The average Bonchev–Trinajstić information content (AvgIpc) is 2.39. The Morgan fingerprint density at radius 1 is 1.47 bits per heavy atom. The van der Waals surface area contributed by atoms with E-state index in [9.17, 15) is 9.59 Å². The third-order valence-corrected chi connectivity index (χ3v) is 3.20. The summed E-state index contributed by atoms with van der Waals surface area (Å²) < 4.78 is 0. The Labute approximate surface area is 111 Å². The predicted molar refractivity (Wildman–Crippen MR) is 69.2 cm³/mol. The van der Waals surface area contributed by atoms with Crippen molar-refractivity contribution >= 4 is 11.9 Å². The van der Waals surface area contributed by atoms with Crippen molar-refractivity contribution in [2.24, 2.45) is 0 Å². The summed E-state index contributed by atoms with van der Waals surface area (Å²) in [5.41, 5.74) is 0.326. The van der Waals surface area contributed by atoms with Crippen molar-refractivity contribution in [2.75, 3.05) is 20.1 Å². The molecule has 6 nitrogen and oxygen atoms in total. The summed E-state index contributed by atoms with van der Waals surface area (Å²) in [5.74, 6) is -1.30. The lowest BCUT2D eigenvalue weighted by atomic mass is 10.1. The van der Waals surface area contributed by atoms with Gasteiger partial charge in [0.1, 0.15) is 5.69 Å². The van der Waals surface area contributed by atoms with Crippen LogP contribution in [-0.2, 0) is 0 Å². The second kappa shape index (κ2) is 5.79. The summed E-state index contributed by atoms with van der Waals surface area (Å²) in [6.07, 6.45) is 3.33. The number of aromatic carboxylic acids is 1. The second-order valence-electron chi connectivity index (χ2n) is 4.81. The van der Waals surface area contributed by atoms with Gasteiger partial charge in [0.15, 0.2) is 0 Å². The van der Waals surface area contributed by atoms with E-state index in [-0.39, 0.29) is 17.6 Å². The molecule has 0 aromatic carbocycles. The van der Waals surface area contributed by atoms with Crippen molar-refractivity contribution in [3.05, 3.63) is 29.6 Å². The summed E-state index contributed by atoms with van der Waals surface area (Å²) in [7, 11) is 2.03. The van der Waals surface area contributed by atoms with Crippen LogP contribution >= 0.6 is 0 Å². The van der Waals surface area contributed by atoms with Gasteiger partial charge in [-0.2, -0.15) is 0 Å². The lowest BCUT2D eigenvalue weighted by molar-refractivity contribution is 0.0689. The number of likely N-dealkylation sites (N-methyl/N-ethyl adjacent to an activating group) is 1. The van der Waals surface area contributed by atoms with E-state index in [1.807, 2.05) is 7.05 Å². The molecule has 1 aliphatic heterocycles. The Kier molecular flexibility index (Phi) is 4.11. The van der Waals surface area contributed by atoms with Crippen LogP contribution < -0.4 is 5.32 Å². The lowest BCUT2D eigenvalue weighted by Crippen LogP contribution is -2.46. The molecule has 1 saturated heterocycles. The van der Waals surface area contributed by atoms with E-state index in [0.717, 1.165) is 25.9 Å². The molecule has 0 aliphatic carbocycles. The van der Waals surface area contributed by atoms with Crippen molar-refractivity contribution in [1.82, 2.24) is 15.2 Å². The molecule has 1 amide bonds. The van der Waals surface area contributed by atoms with E-state index in [1.54, 1.807) is 0 Å². The molecule has 1 aliphatic rings. The molecule has 1 atom stereocenters. The van der Waals surface area contributed by atoms with E-state index in [2.05, 4.69) is 15.2 Å². The monoisotopic (exact) mass is 263 g/mol. The SMILES string of the molecule is CN1CCCC(NC(=O)c2ccc(C(=O)O)nc2)C1. The van der Waals surface area contributed by atoms with Crippen LogP contribution in [0.5, 0.6) is 0 Å². The van der Waals surface area contributed by atoms with Crippen molar-refractivity contribution in [1.29, 1.82) is 0 Å².